The highest BCUT2D eigenvalue weighted by Crippen LogP contribution is 2.32. The number of piperazine rings is 1. The van der Waals surface area contributed by atoms with Crippen LogP contribution < -0.4 is 4.90 Å². The van der Waals surface area contributed by atoms with E-state index in [2.05, 4.69) is 17.1 Å². The van der Waals surface area contributed by atoms with Crippen molar-refractivity contribution in [1.82, 2.24) is 15.1 Å². The third kappa shape index (κ3) is 5.74. The Morgan fingerprint density at radius 1 is 1.00 bits per heavy atom. The number of alkyl halides is 3. The van der Waals surface area contributed by atoms with Crippen LogP contribution in [0.3, 0.4) is 0 Å². The van der Waals surface area contributed by atoms with Gasteiger partial charge in [0.2, 0.25) is 0 Å². The molecule has 0 bridgehead atoms. The summed E-state index contributed by atoms with van der Waals surface area (Å²) in [6.45, 7) is 3.65. The lowest BCUT2D eigenvalue weighted by molar-refractivity contribution is -0.138. The highest BCUT2D eigenvalue weighted by atomic mass is 19.4. The van der Waals surface area contributed by atoms with Gasteiger partial charge in [-0.25, -0.2) is 4.79 Å². The molecule has 1 fully saturated rings. The maximum Gasteiger partial charge on any atom is 0.417 e. The van der Waals surface area contributed by atoms with E-state index in [0.29, 0.717) is 25.5 Å². The number of unbranched alkanes of at least 4 members (excludes halogenated alkanes) is 2. The van der Waals surface area contributed by atoms with Crippen molar-refractivity contribution < 1.29 is 27.5 Å². The predicted molar refractivity (Wildman–Crippen MR) is 111 cm³/mol. The van der Waals surface area contributed by atoms with E-state index in [9.17, 15) is 22.8 Å². The van der Waals surface area contributed by atoms with Gasteiger partial charge in [-0.15, -0.1) is 10.2 Å². The molecule has 1 aromatic carbocycles. The van der Waals surface area contributed by atoms with E-state index in [0.717, 1.165) is 25.3 Å². The van der Waals surface area contributed by atoms with Gasteiger partial charge in [-0.1, -0.05) is 31.9 Å². The summed E-state index contributed by atoms with van der Waals surface area (Å²) in [7, 11) is 0. The summed E-state index contributed by atoms with van der Waals surface area (Å²) < 4.78 is 44.8. The van der Waals surface area contributed by atoms with Crippen molar-refractivity contribution in [3.8, 4) is 0 Å². The van der Waals surface area contributed by atoms with Crippen LogP contribution >= 0.6 is 0 Å². The van der Waals surface area contributed by atoms with Crippen molar-refractivity contribution in [3.05, 3.63) is 53.2 Å². The van der Waals surface area contributed by atoms with Crippen LogP contribution in [0.2, 0.25) is 0 Å². The van der Waals surface area contributed by atoms with Crippen molar-refractivity contribution in [3.63, 3.8) is 0 Å². The number of ether oxygens (including phenoxy) is 1. The molecule has 172 valence electrons. The summed E-state index contributed by atoms with van der Waals surface area (Å²) >= 11 is 0. The normalized spacial score (nSPS) is 14.4. The van der Waals surface area contributed by atoms with E-state index >= 15 is 0 Å². The van der Waals surface area contributed by atoms with E-state index in [-0.39, 0.29) is 24.3 Å². The summed E-state index contributed by atoms with van der Waals surface area (Å²) in [5.41, 5.74) is -1.17. The summed E-state index contributed by atoms with van der Waals surface area (Å²) in [6, 6.07) is 7.97. The minimum absolute atomic E-state index is 0.114. The molecular weight excluding hydrogens is 425 g/mol. The number of rotatable bonds is 7. The smallest absolute Gasteiger partial charge is 0.417 e. The number of carbonyl (C=O) groups excluding carboxylic acids is 2. The molecule has 1 aromatic heterocycles. The Balaban J connectivity index is 1.57. The third-order valence-electron chi connectivity index (χ3n) is 5.19. The quantitative estimate of drug-likeness (QED) is 0.472. The van der Waals surface area contributed by atoms with Gasteiger partial charge in [0.25, 0.3) is 5.91 Å². The number of anilines is 1. The molecule has 0 atom stereocenters. The topological polar surface area (TPSA) is 75.6 Å². The first-order valence-corrected chi connectivity index (χ1v) is 10.5. The Hall–Kier alpha value is -3.17. The Bertz CT molecular complexity index is 927. The average molecular weight is 450 g/mol. The fourth-order valence-corrected chi connectivity index (χ4v) is 3.42. The molecule has 1 saturated heterocycles. The maximum absolute atomic E-state index is 13.2. The minimum Gasteiger partial charge on any atom is -0.461 e. The molecule has 32 heavy (non-hydrogen) atoms. The number of esters is 1. The molecule has 10 heteroatoms. The van der Waals surface area contributed by atoms with E-state index in [1.165, 1.54) is 29.2 Å². The molecule has 0 aliphatic carbocycles. The second-order valence-electron chi connectivity index (χ2n) is 7.44. The first kappa shape index (κ1) is 23.5. The molecule has 3 rings (SSSR count). The average Bonchev–Trinajstić information content (AvgIpc) is 2.81. The van der Waals surface area contributed by atoms with E-state index in [4.69, 9.17) is 4.74 Å². The Kier molecular flexibility index (Phi) is 7.66. The van der Waals surface area contributed by atoms with E-state index in [1.54, 1.807) is 6.07 Å². The Labute approximate surface area is 184 Å². The number of benzene rings is 1. The summed E-state index contributed by atoms with van der Waals surface area (Å²) in [4.78, 5) is 27.9. The zero-order chi connectivity index (χ0) is 23.1. The Morgan fingerprint density at radius 2 is 1.72 bits per heavy atom. The fraction of sp³-hybridized carbons (Fsp3) is 0.455. The molecule has 1 amide bonds. The zero-order valence-corrected chi connectivity index (χ0v) is 17.8. The Morgan fingerprint density at radius 3 is 2.34 bits per heavy atom. The van der Waals surface area contributed by atoms with Crippen molar-refractivity contribution in [2.45, 2.75) is 32.4 Å². The van der Waals surface area contributed by atoms with Crippen LogP contribution in [-0.4, -0.2) is 59.8 Å². The van der Waals surface area contributed by atoms with Gasteiger partial charge in [0, 0.05) is 26.2 Å². The number of carbonyl (C=O) groups is 2. The van der Waals surface area contributed by atoms with Crippen LogP contribution in [0.15, 0.2) is 36.4 Å². The van der Waals surface area contributed by atoms with Crippen LogP contribution in [0.25, 0.3) is 0 Å². The second kappa shape index (κ2) is 10.4. The van der Waals surface area contributed by atoms with Gasteiger partial charge < -0.3 is 14.5 Å². The standard InChI is InChI=1S/C22H25F3N4O3/c1-2-3-6-15-32-21(31)18-9-10-19(27-26-18)28-11-13-29(14-12-28)20(30)16-7-4-5-8-17(16)22(23,24)25/h4-5,7-10H,2-3,6,11-15H2,1H3. The van der Waals surface area contributed by atoms with E-state index < -0.39 is 23.6 Å². The highest BCUT2D eigenvalue weighted by Gasteiger charge is 2.36. The number of hydrogen-bond acceptors (Lipinski definition) is 6. The van der Waals surface area contributed by atoms with Crippen molar-refractivity contribution in [2.24, 2.45) is 0 Å². The van der Waals surface area contributed by atoms with Gasteiger partial charge in [0.1, 0.15) is 0 Å². The lowest BCUT2D eigenvalue weighted by Crippen LogP contribution is -2.49. The van der Waals surface area contributed by atoms with Crippen LogP contribution in [0.4, 0.5) is 19.0 Å². The van der Waals surface area contributed by atoms with Crippen LogP contribution in [-0.2, 0) is 10.9 Å². The second-order valence-corrected chi connectivity index (χ2v) is 7.44. The monoisotopic (exact) mass is 450 g/mol. The molecule has 7 nitrogen and oxygen atoms in total. The van der Waals surface area contributed by atoms with Gasteiger partial charge in [-0.05, 0) is 30.7 Å². The van der Waals surface area contributed by atoms with Crippen molar-refractivity contribution >= 4 is 17.7 Å². The lowest BCUT2D eigenvalue weighted by Gasteiger charge is -2.35. The number of nitrogens with zero attached hydrogens (tertiary/aromatic N) is 4. The highest BCUT2D eigenvalue weighted by molar-refractivity contribution is 5.96. The fourth-order valence-electron chi connectivity index (χ4n) is 3.42. The van der Waals surface area contributed by atoms with Gasteiger partial charge in [0.05, 0.1) is 17.7 Å². The molecule has 0 spiro atoms. The van der Waals surface area contributed by atoms with Crippen molar-refractivity contribution in [2.75, 3.05) is 37.7 Å². The molecule has 0 saturated carbocycles. The van der Waals surface area contributed by atoms with E-state index in [1.807, 2.05) is 4.90 Å². The third-order valence-corrected chi connectivity index (χ3v) is 5.19. The number of aromatic nitrogens is 2. The SMILES string of the molecule is CCCCCOC(=O)c1ccc(N2CCN(C(=O)c3ccccc3C(F)(F)F)CC2)nn1. The molecule has 2 aromatic rings. The van der Waals surface area contributed by atoms with Crippen LogP contribution in [0.1, 0.15) is 52.6 Å². The first-order chi connectivity index (χ1) is 15.3. The number of halogens is 3. The lowest BCUT2D eigenvalue weighted by atomic mass is 10.1. The molecule has 1 aliphatic heterocycles. The van der Waals surface area contributed by atoms with Crippen LogP contribution in [0.5, 0.6) is 0 Å². The first-order valence-electron chi connectivity index (χ1n) is 10.5. The van der Waals surface area contributed by atoms with Gasteiger partial charge in [-0.3, -0.25) is 4.79 Å². The van der Waals surface area contributed by atoms with Gasteiger partial charge in [0.15, 0.2) is 11.5 Å². The van der Waals surface area contributed by atoms with Gasteiger partial charge >= 0.3 is 12.1 Å². The zero-order valence-electron chi connectivity index (χ0n) is 17.8. The molecule has 0 radical (unpaired) electrons. The maximum atomic E-state index is 13.2. The summed E-state index contributed by atoms with van der Waals surface area (Å²) in [5.74, 6) is -0.654. The molecule has 1 aliphatic rings. The molecule has 0 N–H and O–H groups in total. The number of hydrogen-bond donors (Lipinski definition) is 0. The van der Waals surface area contributed by atoms with Crippen molar-refractivity contribution in [1.29, 1.82) is 0 Å². The van der Waals surface area contributed by atoms with Crippen LogP contribution in [0, 0.1) is 0 Å². The molecular formula is C22H25F3N4O3. The largest absolute Gasteiger partial charge is 0.461 e. The summed E-state index contributed by atoms with van der Waals surface area (Å²) in [6.07, 6.45) is -1.79. The summed E-state index contributed by atoms with van der Waals surface area (Å²) in [5, 5.41) is 7.99. The predicted octanol–water partition coefficient (Wildman–Crippen LogP) is 3.80. The van der Waals surface area contributed by atoms with Gasteiger partial charge in [-0.2, -0.15) is 13.2 Å². The minimum atomic E-state index is -4.59. The molecule has 2 heterocycles. The molecule has 0 unspecified atom stereocenters. The number of amides is 1.